The van der Waals surface area contributed by atoms with Crippen LogP contribution in [0.5, 0.6) is 0 Å². The molecule has 0 aromatic rings. The minimum absolute atomic E-state index is 0.749. The van der Waals surface area contributed by atoms with Crippen LogP contribution in [-0.2, 0) is 0 Å². The molecular formula is C10H20N2. The maximum atomic E-state index is 3.69. The van der Waals surface area contributed by atoms with Crippen LogP contribution in [-0.4, -0.2) is 37.6 Å². The van der Waals surface area contributed by atoms with E-state index in [-0.39, 0.29) is 0 Å². The summed E-state index contributed by atoms with van der Waals surface area (Å²) in [5.41, 5.74) is 0. The molecule has 1 aliphatic heterocycles. The first-order valence-electron chi connectivity index (χ1n) is 4.86. The fourth-order valence-corrected chi connectivity index (χ4v) is 1.75. The van der Waals surface area contributed by atoms with Crippen LogP contribution in [0.3, 0.4) is 0 Å². The van der Waals surface area contributed by atoms with Crippen LogP contribution in [0.2, 0.25) is 0 Å². The van der Waals surface area contributed by atoms with Crippen molar-refractivity contribution in [2.24, 2.45) is 0 Å². The van der Waals surface area contributed by atoms with E-state index in [2.05, 4.69) is 23.8 Å². The van der Waals surface area contributed by atoms with E-state index in [0.29, 0.717) is 0 Å². The van der Waals surface area contributed by atoms with Crippen molar-refractivity contribution in [1.82, 2.24) is 10.2 Å². The van der Waals surface area contributed by atoms with Crippen LogP contribution in [0, 0.1) is 0 Å². The number of likely N-dealkylation sites (tertiary alicyclic amines) is 1. The van der Waals surface area contributed by atoms with Crippen LogP contribution in [0.4, 0.5) is 0 Å². The van der Waals surface area contributed by atoms with Gasteiger partial charge in [0.15, 0.2) is 0 Å². The van der Waals surface area contributed by atoms with Gasteiger partial charge in [-0.3, -0.25) is 0 Å². The van der Waals surface area contributed by atoms with Crippen molar-refractivity contribution >= 4 is 0 Å². The van der Waals surface area contributed by atoms with E-state index in [1.807, 2.05) is 6.08 Å². The molecule has 1 saturated heterocycles. The molecule has 0 amide bonds. The summed E-state index contributed by atoms with van der Waals surface area (Å²) in [7, 11) is 2.22. The molecule has 1 N–H and O–H groups in total. The molecule has 0 aromatic heterocycles. The number of likely N-dealkylation sites (N-methyl/N-ethyl adjacent to an activating group) is 1. The van der Waals surface area contributed by atoms with Gasteiger partial charge in [-0.25, -0.2) is 0 Å². The molecule has 0 bridgehead atoms. The molecule has 70 valence electrons. The van der Waals surface area contributed by atoms with Crippen molar-refractivity contribution in [3.63, 3.8) is 0 Å². The minimum atomic E-state index is 0.749. The predicted molar refractivity (Wildman–Crippen MR) is 53.3 cm³/mol. The quantitative estimate of drug-likeness (QED) is 0.502. The van der Waals surface area contributed by atoms with Crippen molar-refractivity contribution in [1.29, 1.82) is 0 Å². The van der Waals surface area contributed by atoms with Crippen molar-refractivity contribution in [3.8, 4) is 0 Å². The first-order valence-corrected chi connectivity index (χ1v) is 4.86. The lowest BCUT2D eigenvalue weighted by Gasteiger charge is -2.32. The molecule has 0 spiro atoms. The average Bonchev–Trinajstić information content (AvgIpc) is 2.09. The van der Waals surface area contributed by atoms with E-state index in [1.165, 1.54) is 25.8 Å². The second-order valence-corrected chi connectivity index (χ2v) is 3.58. The van der Waals surface area contributed by atoms with E-state index in [9.17, 15) is 0 Å². The summed E-state index contributed by atoms with van der Waals surface area (Å²) in [4.78, 5) is 2.46. The van der Waals surface area contributed by atoms with Gasteiger partial charge in [0.2, 0.25) is 0 Å². The highest BCUT2D eigenvalue weighted by molar-refractivity contribution is 4.78. The lowest BCUT2D eigenvalue weighted by Crippen LogP contribution is -2.43. The lowest BCUT2D eigenvalue weighted by molar-refractivity contribution is 0.183. The van der Waals surface area contributed by atoms with Gasteiger partial charge in [0.1, 0.15) is 0 Å². The van der Waals surface area contributed by atoms with E-state index in [1.54, 1.807) is 0 Å². The molecule has 0 saturated carbocycles. The van der Waals surface area contributed by atoms with Gasteiger partial charge in [-0.05, 0) is 26.4 Å². The third-order valence-electron chi connectivity index (χ3n) is 2.59. The Morgan fingerprint density at radius 3 is 3.08 bits per heavy atom. The van der Waals surface area contributed by atoms with E-state index >= 15 is 0 Å². The Balaban J connectivity index is 2.15. The summed E-state index contributed by atoms with van der Waals surface area (Å²) >= 11 is 0. The van der Waals surface area contributed by atoms with Crippen molar-refractivity contribution in [2.75, 3.05) is 26.7 Å². The molecule has 12 heavy (non-hydrogen) atoms. The molecule has 1 heterocycles. The van der Waals surface area contributed by atoms with Gasteiger partial charge in [-0.2, -0.15) is 0 Å². The minimum Gasteiger partial charge on any atom is -0.312 e. The van der Waals surface area contributed by atoms with Gasteiger partial charge in [0.25, 0.3) is 0 Å². The zero-order valence-corrected chi connectivity index (χ0v) is 8.05. The first kappa shape index (κ1) is 9.75. The fraction of sp³-hybridized carbons (Fsp3) is 0.800. The van der Waals surface area contributed by atoms with Gasteiger partial charge in [-0.15, -0.1) is 6.58 Å². The number of hydrogen-bond acceptors (Lipinski definition) is 2. The Morgan fingerprint density at radius 1 is 1.58 bits per heavy atom. The second kappa shape index (κ2) is 5.33. The number of hydrogen-bond donors (Lipinski definition) is 1. The smallest absolute Gasteiger partial charge is 0.0217 e. The van der Waals surface area contributed by atoms with Crippen molar-refractivity contribution in [2.45, 2.75) is 25.3 Å². The van der Waals surface area contributed by atoms with Gasteiger partial charge in [-0.1, -0.05) is 12.5 Å². The molecule has 1 fully saturated rings. The average molecular weight is 168 g/mol. The standard InChI is InChI=1S/C10H20N2/c1-3-7-11-9-10-6-4-5-8-12(10)2/h3,10-11H,1,4-9H2,2H3. The molecule has 1 aliphatic rings. The van der Waals surface area contributed by atoms with E-state index in [0.717, 1.165) is 19.1 Å². The lowest BCUT2D eigenvalue weighted by atomic mass is 10.0. The summed E-state index contributed by atoms with van der Waals surface area (Å²) in [5.74, 6) is 0. The Labute approximate surface area is 75.6 Å². The molecule has 0 aliphatic carbocycles. The fourth-order valence-electron chi connectivity index (χ4n) is 1.75. The van der Waals surface area contributed by atoms with E-state index < -0.39 is 0 Å². The summed E-state index contributed by atoms with van der Waals surface area (Å²) in [6.07, 6.45) is 6.03. The maximum Gasteiger partial charge on any atom is 0.0217 e. The topological polar surface area (TPSA) is 15.3 Å². The van der Waals surface area contributed by atoms with Crippen LogP contribution in [0.15, 0.2) is 12.7 Å². The molecule has 1 atom stereocenters. The normalized spacial score (nSPS) is 25.6. The van der Waals surface area contributed by atoms with E-state index in [4.69, 9.17) is 0 Å². The third kappa shape index (κ3) is 2.95. The zero-order chi connectivity index (χ0) is 8.81. The summed E-state index contributed by atoms with van der Waals surface area (Å²) in [5, 5.41) is 3.38. The molecule has 2 heteroatoms. The molecule has 2 nitrogen and oxygen atoms in total. The Bertz CT molecular complexity index is 134. The van der Waals surface area contributed by atoms with Crippen molar-refractivity contribution < 1.29 is 0 Å². The van der Waals surface area contributed by atoms with Crippen LogP contribution < -0.4 is 5.32 Å². The predicted octanol–water partition coefficient (Wildman–Crippen LogP) is 1.25. The molecule has 1 unspecified atom stereocenters. The van der Waals surface area contributed by atoms with Crippen LogP contribution in [0.1, 0.15) is 19.3 Å². The molecular weight excluding hydrogens is 148 g/mol. The first-order chi connectivity index (χ1) is 5.84. The molecule has 0 aromatic carbocycles. The van der Waals surface area contributed by atoms with Crippen LogP contribution in [0.25, 0.3) is 0 Å². The molecule has 0 radical (unpaired) electrons. The number of nitrogens with one attached hydrogen (secondary N) is 1. The third-order valence-corrected chi connectivity index (χ3v) is 2.59. The summed E-state index contributed by atoms with van der Waals surface area (Å²) in [6.45, 7) is 7.00. The second-order valence-electron chi connectivity index (χ2n) is 3.58. The van der Waals surface area contributed by atoms with Crippen molar-refractivity contribution in [3.05, 3.63) is 12.7 Å². The SMILES string of the molecule is C=CCNCC1CCCCN1C. The number of piperidine rings is 1. The van der Waals surface area contributed by atoms with Gasteiger partial charge in [0.05, 0.1) is 0 Å². The highest BCUT2D eigenvalue weighted by Crippen LogP contribution is 2.13. The molecule has 1 rings (SSSR count). The van der Waals surface area contributed by atoms with Gasteiger partial charge >= 0.3 is 0 Å². The Morgan fingerprint density at radius 2 is 2.42 bits per heavy atom. The monoisotopic (exact) mass is 168 g/mol. The summed E-state index contributed by atoms with van der Waals surface area (Å²) in [6, 6.07) is 0.749. The number of nitrogens with zero attached hydrogens (tertiary/aromatic N) is 1. The highest BCUT2D eigenvalue weighted by Gasteiger charge is 2.17. The Hall–Kier alpha value is -0.340. The highest BCUT2D eigenvalue weighted by atomic mass is 15.2. The van der Waals surface area contributed by atoms with Crippen LogP contribution >= 0.6 is 0 Å². The summed E-state index contributed by atoms with van der Waals surface area (Å²) < 4.78 is 0. The number of rotatable bonds is 4. The Kier molecular flexibility index (Phi) is 4.33. The maximum absolute atomic E-state index is 3.69. The zero-order valence-electron chi connectivity index (χ0n) is 8.05. The van der Waals surface area contributed by atoms with Gasteiger partial charge in [0, 0.05) is 19.1 Å². The largest absolute Gasteiger partial charge is 0.312 e. The van der Waals surface area contributed by atoms with Gasteiger partial charge < -0.3 is 10.2 Å².